The zero-order valence-corrected chi connectivity index (χ0v) is 32.6. The van der Waals surface area contributed by atoms with Crippen LogP contribution in [0, 0.1) is 0 Å². The van der Waals surface area contributed by atoms with E-state index in [4.69, 9.17) is 18.5 Å². The molecule has 0 heterocycles. The minimum atomic E-state index is -4.37. The van der Waals surface area contributed by atoms with Crippen molar-refractivity contribution >= 4 is 19.8 Å². The second-order valence-electron chi connectivity index (χ2n) is 13.6. The molecule has 284 valence electrons. The van der Waals surface area contributed by atoms with Gasteiger partial charge in [-0.2, -0.15) is 0 Å². The molecule has 2 atom stereocenters. The predicted octanol–water partition coefficient (Wildman–Crippen LogP) is 9.96. The van der Waals surface area contributed by atoms with Gasteiger partial charge in [-0.3, -0.25) is 18.6 Å². The van der Waals surface area contributed by atoms with Crippen molar-refractivity contribution in [2.75, 3.05) is 47.5 Å². The number of allylic oxidation sites excluding steroid dienone is 8. The Labute approximate surface area is 299 Å². The molecule has 1 N–H and O–H groups in total. The van der Waals surface area contributed by atoms with Gasteiger partial charge in [0.1, 0.15) is 19.8 Å². The van der Waals surface area contributed by atoms with Crippen molar-refractivity contribution in [3.05, 3.63) is 48.6 Å². The molecule has 0 aromatic carbocycles. The summed E-state index contributed by atoms with van der Waals surface area (Å²) in [6, 6.07) is 0. The smallest absolute Gasteiger partial charge is 0.462 e. The van der Waals surface area contributed by atoms with E-state index in [0.29, 0.717) is 17.4 Å². The van der Waals surface area contributed by atoms with Crippen molar-refractivity contribution in [2.24, 2.45) is 0 Å². The first-order valence-corrected chi connectivity index (χ1v) is 20.4. The van der Waals surface area contributed by atoms with Gasteiger partial charge in [0.05, 0.1) is 27.7 Å². The first kappa shape index (κ1) is 47.0. The number of carbonyl (C=O) groups is 2. The number of phosphoric acid groups is 1. The van der Waals surface area contributed by atoms with Gasteiger partial charge in [0, 0.05) is 12.8 Å². The van der Waals surface area contributed by atoms with Crippen molar-refractivity contribution in [1.82, 2.24) is 0 Å². The Morgan fingerprint density at radius 3 is 1.78 bits per heavy atom. The van der Waals surface area contributed by atoms with E-state index in [1.165, 1.54) is 25.7 Å². The van der Waals surface area contributed by atoms with Gasteiger partial charge in [0.15, 0.2) is 6.10 Å². The Bertz CT molecular complexity index is 986. The zero-order chi connectivity index (χ0) is 36.5. The van der Waals surface area contributed by atoms with Crippen molar-refractivity contribution in [3.63, 3.8) is 0 Å². The molecule has 0 aliphatic heterocycles. The lowest BCUT2D eigenvalue weighted by molar-refractivity contribution is -0.870. The largest absolute Gasteiger partial charge is 0.472 e. The normalized spacial score (nSPS) is 14.3. The highest BCUT2D eigenvalue weighted by Crippen LogP contribution is 2.43. The summed E-state index contributed by atoms with van der Waals surface area (Å²) in [7, 11) is 1.45. The van der Waals surface area contributed by atoms with E-state index in [2.05, 4.69) is 44.2 Å². The molecular weight excluding hydrogens is 641 g/mol. The molecule has 0 bridgehead atoms. The molecule has 0 fully saturated rings. The molecule has 0 aliphatic carbocycles. The Balaban J connectivity index is 4.51. The summed E-state index contributed by atoms with van der Waals surface area (Å²) < 4.78 is 34.1. The third kappa shape index (κ3) is 35.6. The number of phosphoric ester groups is 1. The van der Waals surface area contributed by atoms with Crippen LogP contribution in [0.4, 0.5) is 0 Å². The number of likely N-dealkylation sites (N-methyl/N-ethyl adjacent to an activating group) is 1. The lowest BCUT2D eigenvalue weighted by Gasteiger charge is -2.24. The fourth-order valence-electron chi connectivity index (χ4n) is 4.65. The molecule has 0 aromatic rings. The van der Waals surface area contributed by atoms with Gasteiger partial charge in [0.2, 0.25) is 0 Å². The number of rotatable bonds is 33. The van der Waals surface area contributed by atoms with Crippen molar-refractivity contribution < 1.29 is 42.1 Å². The molecule has 9 nitrogen and oxygen atoms in total. The second kappa shape index (κ2) is 31.9. The molecule has 0 aromatic heterocycles. The third-order valence-corrected chi connectivity index (χ3v) is 8.64. The maximum absolute atomic E-state index is 12.6. The maximum atomic E-state index is 12.6. The van der Waals surface area contributed by atoms with Crippen LogP contribution in [0.25, 0.3) is 0 Å². The fraction of sp³-hybridized carbons (Fsp3) is 0.744. The number of carbonyl (C=O) groups excluding carboxylic acids is 2. The van der Waals surface area contributed by atoms with Crippen LogP contribution in [0.5, 0.6) is 0 Å². The summed E-state index contributed by atoms with van der Waals surface area (Å²) in [5, 5.41) is 0. The highest BCUT2D eigenvalue weighted by atomic mass is 31.2. The van der Waals surface area contributed by atoms with E-state index in [0.717, 1.165) is 77.0 Å². The van der Waals surface area contributed by atoms with Crippen molar-refractivity contribution in [1.29, 1.82) is 0 Å². The van der Waals surface area contributed by atoms with Crippen molar-refractivity contribution in [2.45, 2.75) is 142 Å². The standard InChI is InChI=1S/C39H70NO8P/c1-6-8-10-12-14-16-18-20-22-24-26-28-30-32-39(42)48-37(36-47-49(43,44)46-34-33-40(3,4)5)35-45-38(41)31-29-27-25-23-21-19-17-15-13-11-9-7-2/h8,10,12,14-18,37H,6-7,9,11,13,19-36H2,1-5H3/p+1/b10-8+,14-12+,17-15+,18-16+. The van der Waals surface area contributed by atoms with Gasteiger partial charge >= 0.3 is 19.8 Å². The van der Waals surface area contributed by atoms with E-state index in [1.807, 2.05) is 39.4 Å². The first-order valence-electron chi connectivity index (χ1n) is 18.9. The molecule has 0 saturated heterocycles. The van der Waals surface area contributed by atoms with Crippen LogP contribution in [0.1, 0.15) is 136 Å². The molecule has 49 heavy (non-hydrogen) atoms. The van der Waals surface area contributed by atoms with Gasteiger partial charge in [0.25, 0.3) is 0 Å². The second-order valence-corrected chi connectivity index (χ2v) is 15.1. The molecule has 0 amide bonds. The molecule has 0 saturated carbocycles. The average molecular weight is 713 g/mol. The zero-order valence-electron chi connectivity index (χ0n) is 31.7. The SMILES string of the molecule is CC/C=C/C=C/C=C/CCCCCCCC(=O)OC(COC(=O)CCCCCCC/C=C/CCCCC)COP(=O)(O)OCC[N+](C)(C)C. The monoisotopic (exact) mass is 712 g/mol. The molecule has 0 rings (SSSR count). The van der Waals surface area contributed by atoms with Crippen LogP contribution in [0.3, 0.4) is 0 Å². The molecule has 2 unspecified atom stereocenters. The van der Waals surface area contributed by atoms with Crippen LogP contribution in [0.15, 0.2) is 48.6 Å². The van der Waals surface area contributed by atoms with Crippen LogP contribution >= 0.6 is 7.82 Å². The number of nitrogens with zero attached hydrogens (tertiary/aromatic N) is 1. The van der Waals surface area contributed by atoms with E-state index in [1.54, 1.807) is 0 Å². The van der Waals surface area contributed by atoms with Gasteiger partial charge in [-0.25, -0.2) is 4.57 Å². The molecule has 0 spiro atoms. The number of ether oxygens (including phenoxy) is 2. The summed E-state index contributed by atoms with van der Waals surface area (Å²) in [4.78, 5) is 35.1. The molecule has 0 radical (unpaired) electrons. The Kier molecular flexibility index (Phi) is 30.6. The molecule has 10 heteroatoms. The number of hydrogen-bond donors (Lipinski definition) is 1. The molecular formula is C39H71NO8P+. The Morgan fingerprint density at radius 1 is 0.653 bits per heavy atom. The number of hydrogen-bond acceptors (Lipinski definition) is 7. The third-order valence-electron chi connectivity index (χ3n) is 7.65. The average Bonchev–Trinajstić information content (AvgIpc) is 3.04. The maximum Gasteiger partial charge on any atom is 0.472 e. The summed E-state index contributed by atoms with van der Waals surface area (Å²) in [6.45, 7) is 4.20. The Morgan fingerprint density at radius 2 is 1.18 bits per heavy atom. The summed E-state index contributed by atoms with van der Waals surface area (Å²) in [6.07, 6.45) is 34.4. The lowest BCUT2D eigenvalue weighted by Crippen LogP contribution is -2.37. The number of unbranched alkanes of at least 4 members (excludes halogenated alkanes) is 13. The minimum Gasteiger partial charge on any atom is -0.462 e. The highest BCUT2D eigenvalue weighted by Gasteiger charge is 2.27. The molecule has 0 aliphatic rings. The van der Waals surface area contributed by atoms with Crippen molar-refractivity contribution in [3.8, 4) is 0 Å². The predicted molar refractivity (Wildman–Crippen MR) is 201 cm³/mol. The topological polar surface area (TPSA) is 108 Å². The fourth-order valence-corrected chi connectivity index (χ4v) is 5.39. The summed E-state index contributed by atoms with van der Waals surface area (Å²) in [5.41, 5.74) is 0. The summed E-state index contributed by atoms with van der Waals surface area (Å²) >= 11 is 0. The van der Waals surface area contributed by atoms with E-state index >= 15 is 0 Å². The van der Waals surface area contributed by atoms with Gasteiger partial charge in [-0.15, -0.1) is 0 Å². The highest BCUT2D eigenvalue weighted by molar-refractivity contribution is 7.47. The quantitative estimate of drug-likeness (QED) is 0.0179. The van der Waals surface area contributed by atoms with Crippen LogP contribution in [-0.4, -0.2) is 74.9 Å². The van der Waals surface area contributed by atoms with E-state index in [-0.39, 0.29) is 32.0 Å². The minimum absolute atomic E-state index is 0.0243. The first-order chi connectivity index (χ1) is 23.5. The van der Waals surface area contributed by atoms with Gasteiger partial charge in [-0.1, -0.05) is 114 Å². The number of esters is 2. The van der Waals surface area contributed by atoms with Gasteiger partial charge in [-0.05, 0) is 57.8 Å². The van der Waals surface area contributed by atoms with E-state index < -0.39 is 26.5 Å². The Hall–Kier alpha value is -2.03. The van der Waals surface area contributed by atoms with Crippen LogP contribution < -0.4 is 0 Å². The van der Waals surface area contributed by atoms with Crippen LogP contribution in [-0.2, 0) is 32.7 Å². The van der Waals surface area contributed by atoms with Gasteiger partial charge < -0.3 is 18.9 Å². The number of quaternary nitrogens is 1. The van der Waals surface area contributed by atoms with Crippen LogP contribution in [0.2, 0.25) is 0 Å². The van der Waals surface area contributed by atoms with E-state index in [9.17, 15) is 19.0 Å². The lowest BCUT2D eigenvalue weighted by atomic mass is 10.1. The summed E-state index contributed by atoms with van der Waals surface area (Å²) in [5.74, 6) is -0.840.